The molecule has 0 fully saturated rings. The minimum atomic E-state index is -4.44. The molecule has 27 heavy (non-hydrogen) atoms. The molecule has 0 heterocycles. The van der Waals surface area contributed by atoms with E-state index in [-0.39, 0.29) is 34.5 Å². The number of fused-ring (bicyclic) bond motifs is 1. The largest absolute Gasteiger partial charge is 1.00 e. The molecule has 144 valence electrons. The van der Waals surface area contributed by atoms with E-state index in [2.05, 4.69) is 6.92 Å². The van der Waals surface area contributed by atoms with Crippen molar-refractivity contribution in [2.45, 2.75) is 82.4 Å². The molecule has 2 aromatic carbocycles. The van der Waals surface area contributed by atoms with Crippen LogP contribution in [0.5, 0.6) is 0 Å². The summed E-state index contributed by atoms with van der Waals surface area (Å²) in [5.41, 5.74) is 0.692. The third-order valence-corrected chi connectivity index (χ3v) is 5.97. The van der Waals surface area contributed by atoms with Gasteiger partial charge in [0, 0.05) is 0 Å². The number of unbranched alkanes of at least 4 members (excludes halogenated alkanes) is 9. The van der Waals surface area contributed by atoms with Gasteiger partial charge < -0.3 is 4.55 Å². The Kier molecular flexibility index (Phi) is 11.8. The maximum absolute atomic E-state index is 11.6. The van der Waals surface area contributed by atoms with Crippen LogP contribution in [0.4, 0.5) is 0 Å². The van der Waals surface area contributed by atoms with E-state index in [9.17, 15) is 13.0 Å². The fourth-order valence-electron chi connectivity index (χ4n) is 3.60. The van der Waals surface area contributed by atoms with Crippen molar-refractivity contribution in [1.82, 2.24) is 0 Å². The van der Waals surface area contributed by atoms with E-state index >= 15 is 0 Å². The molecule has 0 aliphatic rings. The zero-order valence-electron chi connectivity index (χ0n) is 16.9. The monoisotopic (exact) mass is 398 g/mol. The third-order valence-electron chi connectivity index (χ3n) is 5.05. The molecular formula is C22H31NaO3S. The van der Waals surface area contributed by atoms with Crippen LogP contribution >= 0.6 is 0 Å². The molecule has 2 aromatic rings. The number of rotatable bonds is 12. The summed E-state index contributed by atoms with van der Waals surface area (Å²) < 4.78 is 34.9. The van der Waals surface area contributed by atoms with E-state index in [1.807, 2.05) is 24.3 Å². The molecule has 0 saturated carbocycles. The Bertz CT molecular complexity index is 787. The summed E-state index contributed by atoms with van der Waals surface area (Å²) in [7, 11) is -4.44. The van der Waals surface area contributed by atoms with Crippen molar-refractivity contribution >= 4 is 20.9 Å². The van der Waals surface area contributed by atoms with Crippen LogP contribution in [-0.2, 0) is 16.5 Å². The van der Waals surface area contributed by atoms with Gasteiger partial charge in [-0.1, -0.05) is 95.0 Å². The van der Waals surface area contributed by atoms with Crippen LogP contribution < -0.4 is 29.6 Å². The number of aryl methyl sites for hydroxylation is 1. The number of hydrogen-bond acceptors (Lipinski definition) is 3. The topological polar surface area (TPSA) is 57.2 Å². The van der Waals surface area contributed by atoms with E-state index in [4.69, 9.17) is 0 Å². The maximum Gasteiger partial charge on any atom is 1.00 e. The van der Waals surface area contributed by atoms with E-state index < -0.39 is 10.1 Å². The van der Waals surface area contributed by atoms with Gasteiger partial charge in [-0.05, 0) is 35.2 Å². The average molecular weight is 399 g/mol. The SMILES string of the molecule is CCCCCCCCCCCCc1c(S(=O)(=O)[O-])ccc2ccccc12.[Na+]. The Morgan fingerprint density at radius 1 is 0.778 bits per heavy atom. The van der Waals surface area contributed by atoms with Crippen LogP contribution in [-0.4, -0.2) is 13.0 Å². The van der Waals surface area contributed by atoms with Crippen molar-refractivity contribution in [2.24, 2.45) is 0 Å². The van der Waals surface area contributed by atoms with Crippen molar-refractivity contribution in [3.63, 3.8) is 0 Å². The first-order valence-corrected chi connectivity index (χ1v) is 11.4. The molecule has 0 saturated heterocycles. The summed E-state index contributed by atoms with van der Waals surface area (Å²) in [6.07, 6.45) is 13.0. The second-order valence-electron chi connectivity index (χ2n) is 7.15. The van der Waals surface area contributed by atoms with Gasteiger partial charge in [0.1, 0.15) is 10.1 Å². The third kappa shape index (κ3) is 8.25. The predicted molar refractivity (Wildman–Crippen MR) is 107 cm³/mol. The van der Waals surface area contributed by atoms with Crippen molar-refractivity contribution in [1.29, 1.82) is 0 Å². The van der Waals surface area contributed by atoms with Gasteiger partial charge in [0.05, 0.1) is 4.90 Å². The predicted octanol–water partition coefficient (Wildman–Crippen LogP) is 3.21. The van der Waals surface area contributed by atoms with Crippen LogP contribution in [0.2, 0.25) is 0 Å². The summed E-state index contributed by atoms with van der Waals surface area (Å²) in [5, 5.41) is 1.88. The van der Waals surface area contributed by atoms with Crippen LogP contribution in [0, 0.1) is 0 Å². The minimum Gasteiger partial charge on any atom is -0.744 e. The molecule has 0 amide bonds. The normalized spacial score (nSPS) is 11.5. The zero-order chi connectivity index (χ0) is 18.8. The fraction of sp³-hybridized carbons (Fsp3) is 0.545. The Morgan fingerprint density at radius 3 is 1.93 bits per heavy atom. The molecule has 2 rings (SSSR count). The fourth-order valence-corrected chi connectivity index (χ4v) is 4.35. The molecule has 0 aliphatic carbocycles. The summed E-state index contributed by atoms with van der Waals surface area (Å²) in [6.45, 7) is 2.24. The van der Waals surface area contributed by atoms with Gasteiger partial charge in [0.15, 0.2) is 0 Å². The van der Waals surface area contributed by atoms with Gasteiger partial charge in [0.25, 0.3) is 0 Å². The van der Waals surface area contributed by atoms with Gasteiger partial charge >= 0.3 is 29.6 Å². The second-order valence-corrected chi connectivity index (χ2v) is 8.50. The number of benzene rings is 2. The van der Waals surface area contributed by atoms with Gasteiger partial charge in [-0.15, -0.1) is 0 Å². The molecule has 0 spiro atoms. The molecule has 0 atom stereocenters. The number of hydrogen-bond donors (Lipinski definition) is 0. The van der Waals surface area contributed by atoms with E-state index in [1.165, 1.54) is 57.4 Å². The van der Waals surface area contributed by atoms with Crippen molar-refractivity contribution < 1.29 is 42.5 Å². The van der Waals surface area contributed by atoms with E-state index in [0.717, 1.165) is 23.6 Å². The summed E-state index contributed by atoms with van der Waals surface area (Å²) in [5.74, 6) is 0. The van der Waals surface area contributed by atoms with Gasteiger partial charge in [-0.25, -0.2) is 8.42 Å². The van der Waals surface area contributed by atoms with Crippen molar-refractivity contribution in [3.05, 3.63) is 42.0 Å². The van der Waals surface area contributed by atoms with Gasteiger partial charge in [-0.3, -0.25) is 0 Å². The Balaban J connectivity index is 0.00000364. The molecule has 3 nitrogen and oxygen atoms in total. The minimum absolute atomic E-state index is 0. The summed E-state index contributed by atoms with van der Waals surface area (Å²) in [6, 6.07) is 10.9. The van der Waals surface area contributed by atoms with E-state index in [1.54, 1.807) is 6.07 Å². The van der Waals surface area contributed by atoms with E-state index in [0.29, 0.717) is 12.0 Å². The molecule has 0 aliphatic heterocycles. The molecule has 0 bridgehead atoms. The van der Waals surface area contributed by atoms with Crippen LogP contribution in [0.1, 0.15) is 76.7 Å². The van der Waals surface area contributed by atoms with Crippen LogP contribution in [0.25, 0.3) is 10.8 Å². The maximum atomic E-state index is 11.6. The standard InChI is InChI=1S/C22H32O3S.Na/c1-2-3-4-5-6-7-8-9-10-11-16-21-20-15-13-12-14-19(20)17-18-22(21)26(23,24)25;/h12-15,17-18H,2-11,16H2,1H3,(H,23,24,25);/q;+1/p-1. The van der Waals surface area contributed by atoms with Crippen LogP contribution in [0.3, 0.4) is 0 Å². The Morgan fingerprint density at radius 2 is 1.33 bits per heavy atom. The second kappa shape index (κ2) is 12.9. The molecule has 0 unspecified atom stereocenters. The van der Waals surface area contributed by atoms with Gasteiger partial charge in [0.2, 0.25) is 0 Å². The quantitative estimate of drug-likeness (QED) is 0.313. The molecular weight excluding hydrogens is 367 g/mol. The van der Waals surface area contributed by atoms with Crippen LogP contribution in [0.15, 0.2) is 41.3 Å². The summed E-state index contributed by atoms with van der Waals surface area (Å²) in [4.78, 5) is -0.0490. The van der Waals surface area contributed by atoms with Crippen molar-refractivity contribution in [2.75, 3.05) is 0 Å². The summed E-state index contributed by atoms with van der Waals surface area (Å²) >= 11 is 0. The first kappa shape index (κ1) is 24.6. The smallest absolute Gasteiger partial charge is 0.744 e. The first-order chi connectivity index (χ1) is 12.5. The molecule has 0 radical (unpaired) electrons. The molecule has 0 N–H and O–H groups in total. The first-order valence-electron chi connectivity index (χ1n) is 10.0. The zero-order valence-corrected chi connectivity index (χ0v) is 19.7. The van der Waals surface area contributed by atoms with Crippen molar-refractivity contribution in [3.8, 4) is 0 Å². The average Bonchev–Trinajstić information content (AvgIpc) is 2.62. The molecule has 0 aromatic heterocycles. The Labute approximate surface area is 187 Å². The molecule has 5 heteroatoms. The van der Waals surface area contributed by atoms with Gasteiger partial charge in [-0.2, -0.15) is 0 Å². The Hall–Kier alpha value is -0.390.